The number of hydrogen-bond acceptors (Lipinski definition) is 8. The van der Waals surface area contributed by atoms with Crippen LogP contribution in [0, 0.1) is 0 Å². The largest absolute Gasteiger partial charge is 0.507 e. The van der Waals surface area contributed by atoms with E-state index in [1.807, 2.05) is 107 Å². The van der Waals surface area contributed by atoms with Crippen LogP contribution in [0.4, 0.5) is 0 Å². The molecular weight excluding hydrogens is 684 g/mol. The van der Waals surface area contributed by atoms with E-state index in [-0.39, 0.29) is 59.2 Å². The SMILES string of the molecule is CC(C)(COC(=O)CCc1cc(C(C)(C)C)c(O)c(C(C)(C)C)c1)NC(=O)C(=O)NC(C)(C)COC(=O)CCc1cc(C(C)(C)C)c(O)c(C(C)(C)C)c1. The van der Waals surface area contributed by atoms with Crippen LogP contribution < -0.4 is 10.6 Å². The minimum Gasteiger partial charge on any atom is -0.507 e. The van der Waals surface area contributed by atoms with Gasteiger partial charge in [0.15, 0.2) is 0 Å². The Hall–Kier alpha value is -4.08. The molecule has 10 nitrogen and oxygen atoms in total. The third-order valence-electron chi connectivity index (χ3n) is 9.11. The van der Waals surface area contributed by atoms with Crippen LogP contribution in [-0.2, 0) is 63.2 Å². The molecule has 0 aliphatic rings. The molecule has 0 spiro atoms. The Kier molecular flexibility index (Phi) is 14.3. The smallest absolute Gasteiger partial charge is 0.309 e. The van der Waals surface area contributed by atoms with Crippen molar-refractivity contribution in [1.82, 2.24) is 10.6 Å². The van der Waals surface area contributed by atoms with Crippen LogP contribution in [0.5, 0.6) is 11.5 Å². The molecule has 4 N–H and O–H groups in total. The van der Waals surface area contributed by atoms with Crippen molar-refractivity contribution >= 4 is 23.8 Å². The van der Waals surface area contributed by atoms with Crippen LogP contribution in [0.1, 0.15) is 157 Å². The van der Waals surface area contributed by atoms with E-state index >= 15 is 0 Å². The number of esters is 2. The molecule has 0 unspecified atom stereocenters. The van der Waals surface area contributed by atoms with E-state index in [2.05, 4.69) is 10.6 Å². The molecule has 10 heteroatoms. The first-order valence-corrected chi connectivity index (χ1v) is 18.9. The van der Waals surface area contributed by atoms with Crippen molar-refractivity contribution in [2.75, 3.05) is 13.2 Å². The zero-order valence-electron chi connectivity index (χ0n) is 35.9. The first-order chi connectivity index (χ1) is 24.2. The predicted octanol–water partition coefficient (Wildman–Crippen LogP) is 7.73. The molecule has 0 atom stereocenters. The summed E-state index contributed by atoms with van der Waals surface area (Å²) in [7, 11) is 0. The number of phenolic OH excluding ortho intramolecular Hbond substituents is 2. The van der Waals surface area contributed by atoms with Crippen LogP contribution in [0.3, 0.4) is 0 Å². The average molecular weight is 753 g/mol. The zero-order valence-corrected chi connectivity index (χ0v) is 35.9. The second-order valence-electron chi connectivity index (χ2n) is 20.1. The van der Waals surface area contributed by atoms with Gasteiger partial charge in [-0.15, -0.1) is 0 Å². The van der Waals surface area contributed by atoms with Crippen molar-refractivity contribution in [3.8, 4) is 11.5 Å². The molecule has 54 heavy (non-hydrogen) atoms. The van der Waals surface area contributed by atoms with Gasteiger partial charge in [0.1, 0.15) is 24.7 Å². The Bertz CT molecular complexity index is 1500. The van der Waals surface area contributed by atoms with Gasteiger partial charge in [0, 0.05) is 12.8 Å². The van der Waals surface area contributed by atoms with Crippen LogP contribution in [0.25, 0.3) is 0 Å². The standard InChI is InChI=1S/C44H68N2O8/c1-39(2,3)29-21-27(22-30(35(29)49)40(4,5)6)17-19-33(47)53-25-43(13,14)45-37(51)38(52)46-44(15,16)26-54-34(48)20-18-28-23-31(41(7,8)9)36(50)32(24-28)42(10,11)12/h21-24,49-50H,17-20,25-26H2,1-16H3,(H,45,51)(H,46,52). The first-order valence-electron chi connectivity index (χ1n) is 18.9. The minimum atomic E-state index is -1.05. The number of amides is 2. The van der Waals surface area contributed by atoms with E-state index in [0.29, 0.717) is 12.8 Å². The molecule has 2 amide bonds. The summed E-state index contributed by atoms with van der Waals surface area (Å²) in [6.45, 7) is 30.7. The van der Waals surface area contributed by atoms with Crippen LogP contribution >= 0.6 is 0 Å². The van der Waals surface area contributed by atoms with E-state index in [9.17, 15) is 29.4 Å². The summed E-state index contributed by atoms with van der Waals surface area (Å²) in [5, 5.41) is 27.2. The van der Waals surface area contributed by atoms with Crippen molar-refractivity contribution in [1.29, 1.82) is 0 Å². The lowest BCUT2D eigenvalue weighted by molar-refractivity contribution is -0.149. The number of ether oxygens (including phenoxy) is 2. The molecule has 302 valence electrons. The normalized spacial score (nSPS) is 13.0. The fourth-order valence-electron chi connectivity index (χ4n) is 5.92. The van der Waals surface area contributed by atoms with Crippen molar-refractivity contribution < 1.29 is 38.9 Å². The van der Waals surface area contributed by atoms with Gasteiger partial charge in [-0.25, -0.2) is 0 Å². The van der Waals surface area contributed by atoms with Gasteiger partial charge in [0.25, 0.3) is 0 Å². The van der Waals surface area contributed by atoms with Gasteiger partial charge in [-0.05, 0) is 95.6 Å². The molecule has 0 fully saturated rings. The second-order valence-corrected chi connectivity index (χ2v) is 20.1. The third kappa shape index (κ3) is 13.6. The Balaban J connectivity index is 1.92. The van der Waals surface area contributed by atoms with Crippen molar-refractivity contribution in [3.63, 3.8) is 0 Å². The van der Waals surface area contributed by atoms with Gasteiger partial charge in [-0.2, -0.15) is 0 Å². The highest BCUT2D eigenvalue weighted by molar-refractivity contribution is 6.35. The van der Waals surface area contributed by atoms with E-state index in [1.54, 1.807) is 27.7 Å². The molecule has 0 aromatic heterocycles. The third-order valence-corrected chi connectivity index (χ3v) is 9.11. The van der Waals surface area contributed by atoms with Crippen molar-refractivity contribution in [2.45, 2.75) is 169 Å². The minimum absolute atomic E-state index is 0.0974. The molecular formula is C44H68N2O8. The fraction of sp³-hybridized carbons (Fsp3) is 0.636. The highest BCUT2D eigenvalue weighted by atomic mass is 16.5. The molecule has 0 saturated heterocycles. The van der Waals surface area contributed by atoms with Crippen LogP contribution in [0.15, 0.2) is 24.3 Å². The van der Waals surface area contributed by atoms with E-state index in [4.69, 9.17) is 9.47 Å². The summed E-state index contributed by atoms with van der Waals surface area (Å²) in [4.78, 5) is 51.2. The second kappa shape index (κ2) is 16.7. The Morgan fingerprint density at radius 3 is 0.944 bits per heavy atom. The highest BCUT2D eigenvalue weighted by Crippen LogP contribution is 2.41. The Morgan fingerprint density at radius 1 is 0.481 bits per heavy atom. The first kappa shape index (κ1) is 46.1. The Labute approximate surface area is 324 Å². The van der Waals surface area contributed by atoms with Crippen molar-refractivity contribution in [2.24, 2.45) is 0 Å². The number of rotatable bonds is 12. The van der Waals surface area contributed by atoms with Gasteiger partial charge >= 0.3 is 23.8 Å². The number of phenols is 2. The highest BCUT2D eigenvalue weighted by Gasteiger charge is 2.32. The lowest BCUT2D eigenvalue weighted by Crippen LogP contribution is -2.56. The summed E-state index contributed by atoms with van der Waals surface area (Å²) in [5.74, 6) is -2.19. The predicted molar refractivity (Wildman–Crippen MR) is 214 cm³/mol. The monoisotopic (exact) mass is 752 g/mol. The van der Waals surface area contributed by atoms with Gasteiger partial charge in [0.05, 0.1) is 11.1 Å². The van der Waals surface area contributed by atoms with Crippen LogP contribution in [-0.4, -0.2) is 58.3 Å². The lowest BCUT2D eigenvalue weighted by Gasteiger charge is -2.29. The quantitative estimate of drug-likeness (QED) is 0.127. The number of aromatic hydroxyl groups is 2. The van der Waals surface area contributed by atoms with Gasteiger partial charge in [0.2, 0.25) is 0 Å². The fourth-order valence-corrected chi connectivity index (χ4v) is 5.92. The van der Waals surface area contributed by atoms with E-state index in [0.717, 1.165) is 33.4 Å². The maximum Gasteiger partial charge on any atom is 0.309 e. The van der Waals surface area contributed by atoms with E-state index in [1.165, 1.54) is 0 Å². The molecule has 2 rings (SSSR count). The summed E-state index contributed by atoms with van der Waals surface area (Å²) in [6.07, 6.45) is 1.01. The van der Waals surface area contributed by atoms with E-state index < -0.39 is 34.8 Å². The summed E-state index contributed by atoms with van der Waals surface area (Å²) < 4.78 is 11.0. The number of carbonyl (C=O) groups excluding carboxylic acids is 4. The number of nitrogens with one attached hydrogen (secondary N) is 2. The summed E-state index contributed by atoms with van der Waals surface area (Å²) >= 11 is 0. The maximum absolute atomic E-state index is 12.9. The molecule has 0 aliphatic carbocycles. The number of carbonyl (C=O) groups is 4. The van der Waals surface area contributed by atoms with Crippen molar-refractivity contribution in [3.05, 3.63) is 57.6 Å². The summed E-state index contributed by atoms with van der Waals surface area (Å²) in [5.41, 5.74) is 1.82. The van der Waals surface area contributed by atoms with Gasteiger partial charge in [-0.1, -0.05) is 107 Å². The topological polar surface area (TPSA) is 151 Å². The average Bonchev–Trinajstić information content (AvgIpc) is 2.99. The molecule has 0 bridgehead atoms. The lowest BCUT2D eigenvalue weighted by atomic mass is 9.78. The number of aryl methyl sites for hydroxylation is 2. The molecule has 2 aromatic rings. The van der Waals surface area contributed by atoms with Gasteiger partial charge in [-0.3, -0.25) is 19.2 Å². The Morgan fingerprint density at radius 2 is 0.722 bits per heavy atom. The molecule has 2 aromatic carbocycles. The summed E-state index contributed by atoms with van der Waals surface area (Å²) in [6, 6.07) is 7.74. The van der Waals surface area contributed by atoms with Crippen LogP contribution in [0.2, 0.25) is 0 Å². The molecule has 0 heterocycles. The van der Waals surface area contributed by atoms with Gasteiger partial charge < -0.3 is 30.3 Å². The number of hydrogen-bond donors (Lipinski definition) is 4. The zero-order chi connectivity index (χ0) is 41.8. The molecule has 0 saturated carbocycles. The maximum atomic E-state index is 12.9. The molecule has 0 aliphatic heterocycles. The molecule has 0 radical (unpaired) electrons. The number of benzene rings is 2.